The molecule has 0 fully saturated rings. The number of nitrogens with zero attached hydrogens (tertiary/aromatic N) is 1. The Balaban J connectivity index is 3.52. The molecule has 0 saturated heterocycles. The predicted octanol–water partition coefficient (Wildman–Crippen LogP) is 12.5. The van der Waals surface area contributed by atoms with Crippen molar-refractivity contribution in [3.8, 4) is 0 Å². The van der Waals surface area contributed by atoms with Crippen molar-refractivity contribution in [3.05, 3.63) is 0 Å². The minimum Gasteiger partial charge on any atom is -0.380 e. The molecule has 0 heterocycles. The van der Waals surface area contributed by atoms with Crippen LogP contribution in [-0.4, -0.2) is 48.7 Å². The molecule has 0 aliphatic carbocycles. The number of aliphatic hydroxyl groups is 1. The van der Waals surface area contributed by atoms with Crippen molar-refractivity contribution in [1.82, 2.24) is 0 Å². The summed E-state index contributed by atoms with van der Waals surface area (Å²) in [5.41, 5.74) is 0. The molecule has 0 bridgehead atoms. The zero-order valence-corrected chi connectivity index (χ0v) is 30.4. The number of rotatable bonds is 36. The van der Waals surface area contributed by atoms with E-state index in [1.165, 1.54) is 186 Å². The van der Waals surface area contributed by atoms with Gasteiger partial charge in [0.15, 0.2) is 11.9 Å². The summed E-state index contributed by atoms with van der Waals surface area (Å²) in [4.78, 5) is 12.5. The molecular weight excluding hydrogens is 526 g/mol. The lowest BCUT2D eigenvalue weighted by molar-refractivity contribution is -0.892. The Morgan fingerprint density at radius 3 is 1.00 bits per heavy atom. The molecule has 258 valence electrons. The summed E-state index contributed by atoms with van der Waals surface area (Å²) >= 11 is 0. The number of ketones is 1. The molecule has 43 heavy (non-hydrogen) atoms. The third-order valence-corrected chi connectivity index (χ3v) is 9.68. The average molecular weight is 609 g/mol. The van der Waals surface area contributed by atoms with Gasteiger partial charge < -0.3 is 9.59 Å². The van der Waals surface area contributed by atoms with Crippen molar-refractivity contribution in [2.45, 2.75) is 225 Å². The second kappa shape index (κ2) is 33.0. The Hall–Kier alpha value is -0.410. The lowest BCUT2D eigenvalue weighted by atomic mass is 10.0. The van der Waals surface area contributed by atoms with Gasteiger partial charge >= 0.3 is 0 Å². The maximum absolute atomic E-state index is 12.5. The van der Waals surface area contributed by atoms with Gasteiger partial charge in [0, 0.05) is 6.42 Å². The van der Waals surface area contributed by atoms with Crippen LogP contribution in [0.3, 0.4) is 0 Å². The van der Waals surface area contributed by atoms with E-state index in [9.17, 15) is 9.90 Å². The normalized spacial score (nSPS) is 12.7. The number of Topliss-reactive ketones (excluding diaryl/α,β-unsaturated/α-hetero) is 1. The molecule has 0 amide bonds. The van der Waals surface area contributed by atoms with E-state index in [2.05, 4.69) is 27.9 Å². The summed E-state index contributed by atoms with van der Waals surface area (Å²) < 4.78 is 0.754. The maximum atomic E-state index is 12.5. The molecule has 0 saturated carbocycles. The van der Waals surface area contributed by atoms with Gasteiger partial charge in [-0.15, -0.1) is 0 Å². The second-order valence-electron chi connectivity index (χ2n) is 14.8. The number of aliphatic hydroxyl groups excluding tert-OH is 1. The van der Waals surface area contributed by atoms with E-state index < -0.39 is 6.10 Å². The Bertz CT molecular complexity index is 561. The molecule has 0 aromatic carbocycles. The first-order chi connectivity index (χ1) is 20.9. The first-order valence-corrected chi connectivity index (χ1v) is 20.0. The van der Waals surface area contributed by atoms with Crippen LogP contribution in [-0.2, 0) is 4.79 Å². The topological polar surface area (TPSA) is 37.3 Å². The summed E-state index contributed by atoms with van der Waals surface area (Å²) in [5.74, 6) is 0.0628. The molecule has 0 aromatic rings. The van der Waals surface area contributed by atoms with Crippen LogP contribution in [0.4, 0.5) is 0 Å². The van der Waals surface area contributed by atoms with Crippen LogP contribution < -0.4 is 0 Å². The van der Waals surface area contributed by atoms with Gasteiger partial charge in [-0.1, -0.05) is 194 Å². The van der Waals surface area contributed by atoms with E-state index in [1.807, 2.05) is 0 Å². The van der Waals surface area contributed by atoms with Crippen molar-refractivity contribution >= 4 is 5.78 Å². The third kappa shape index (κ3) is 32.8. The number of unbranched alkanes of at least 4 members (excludes halogenated alkanes) is 29. The minimum atomic E-state index is -0.789. The van der Waals surface area contributed by atoms with Crippen LogP contribution in [0.5, 0.6) is 0 Å². The highest BCUT2D eigenvalue weighted by atomic mass is 16.3. The van der Waals surface area contributed by atoms with E-state index in [1.54, 1.807) is 0 Å². The maximum Gasteiger partial charge on any atom is 0.167 e. The van der Waals surface area contributed by atoms with Crippen LogP contribution >= 0.6 is 0 Å². The highest BCUT2D eigenvalue weighted by Gasteiger charge is 2.25. The van der Waals surface area contributed by atoms with E-state index in [4.69, 9.17) is 0 Å². The third-order valence-electron chi connectivity index (χ3n) is 9.68. The minimum absolute atomic E-state index is 0.0628. The molecule has 0 aromatic heterocycles. The summed E-state index contributed by atoms with van der Waals surface area (Å²) in [6, 6.07) is 0. The molecule has 0 aliphatic heterocycles. The number of likely N-dealkylation sites (N-methyl/N-ethyl adjacent to an activating group) is 1. The molecule has 1 atom stereocenters. The molecule has 3 heteroatoms. The summed E-state index contributed by atoms with van der Waals surface area (Å²) in [7, 11) is 4.35. The molecule has 1 N–H and O–H groups in total. The molecule has 3 nitrogen and oxygen atoms in total. The quantitative estimate of drug-likeness (QED) is 0.0567. The number of carbonyl (C=O) groups excluding carboxylic acids is 1. The monoisotopic (exact) mass is 609 g/mol. The van der Waals surface area contributed by atoms with Crippen LogP contribution in [0.15, 0.2) is 0 Å². The van der Waals surface area contributed by atoms with E-state index in [0.29, 0.717) is 13.0 Å². The molecule has 0 rings (SSSR count). The Labute approximate surface area is 272 Å². The molecule has 1 unspecified atom stereocenters. The number of carbonyl (C=O) groups is 1. The molecule has 0 radical (unpaired) electrons. The fraction of sp³-hybridized carbons (Fsp3) is 0.975. The smallest absolute Gasteiger partial charge is 0.167 e. The van der Waals surface area contributed by atoms with Gasteiger partial charge in [0.1, 0.15) is 6.54 Å². The van der Waals surface area contributed by atoms with Crippen molar-refractivity contribution in [1.29, 1.82) is 0 Å². The van der Waals surface area contributed by atoms with E-state index >= 15 is 0 Å². The van der Waals surface area contributed by atoms with Gasteiger partial charge in [-0.25, -0.2) is 0 Å². The highest BCUT2D eigenvalue weighted by Crippen LogP contribution is 2.16. The van der Waals surface area contributed by atoms with Crippen LogP contribution in [0, 0.1) is 0 Å². The Morgan fingerprint density at radius 2 is 0.698 bits per heavy atom. The summed E-state index contributed by atoms with van der Waals surface area (Å²) in [5, 5.41) is 10.5. The number of hydrogen-bond acceptors (Lipinski definition) is 2. The molecular formula is C40H82NO2+. The van der Waals surface area contributed by atoms with Crippen molar-refractivity contribution < 1.29 is 14.4 Å². The predicted molar refractivity (Wildman–Crippen MR) is 192 cm³/mol. The summed E-state index contributed by atoms with van der Waals surface area (Å²) in [6.07, 6.45) is 42.1. The van der Waals surface area contributed by atoms with Gasteiger partial charge in [-0.2, -0.15) is 0 Å². The van der Waals surface area contributed by atoms with Crippen molar-refractivity contribution in [3.63, 3.8) is 0 Å². The lowest BCUT2D eigenvalue weighted by Gasteiger charge is -2.31. The number of quaternary nitrogens is 1. The SMILES string of the molecule is CCCCCCCCCCCCCCCCCC[N+](C)(C)CC(O)C(=O)CCCCCCCCCCCCCCCCC. The van der Waals surface area contributed by atoms with Gasteiger partial charge in [-0.05, 0) is 19.3 Å². The zero-order valence-electron chi connectivity index (χ0n) is 30.4. The van der Waals surface area contributed by atoms with E-state index in [-0.39, 0.29) is 5.78 Å². The van der Waals surface area contributed by atoms with Gasteiger partial charge in [0.25, 0.3) is 0 Å². The first-order valence-electron chi connectivity index (χ1n) is 20.0. The second-order valence-corrected chi connectivity index (χ2v) is 14.8. The highest BCUT2D eigenvalue weighted by molar-refractivity contribution is 5.82. The zero-order chi connectivity index (χ0) is 31.7. The van der Waals surface area contributed by atoms with Crippen LogP contribution in [0.2, 0.25) is 0 Å². The van der Waals surface area contributed by atoms with Gasteiger partial charge in [-0.3, -0.25) is 4.79 Å². The van der Waals surface area contributed by atoms with Crippen molar-refractivity contribution in [2.75, 3.05) is 27.2 Å². The first kappa shape index (κ1) is 42.6. The lowest BCUT2D eigenvalue weighted by Crippen LogP contribution is -2.48. The Kier molecular flexibility index (Phi) is 32.7. The fourth-order valence-corrected chi connectivity index (χ4v) is 6.59. The summed E-state index contributed by atoms with van der Waals surface area (Å²) in [6.45, 7) is 6.20. The van der Waals surface area contributed by atoms with Crippen molar-refractivity contribution in [2.24, 2.45) is 0 Å². The standard InChI is InChI=1S/C40H82NO2/c1-5-7-9-11-13-15-17-19-21-23-25-27-29-31-33-35-37-41(3,4)38-40(43)39(42)36-34-32-30-28-26-24-22-20-18-16-14-12-10-8-6-2/h40,43H,5-38H2,1-4H3/q+1. The number of hydrogen-bond donors (Lipinski definition) is 1. The average Bonchev–Trinajstić information content (AvgIpc) is 2.98. The van der Waals surface area contributed by atoms with Gasteiger partial charge in [0.05, 0.1) is 20.6 Å². The molecule has 0 aliphatic rings. The van der Waals surface area contributed by atoms with Crippen LogP contribution in [0.1, 0.15) is 219 Å². The van der Waals surface area contributed by atoms with E-state index in [0.717, 1.165) is 23.9 Å². The van der Waals surface area contributed by atoms with Gasteiger partial charge in [0.2, 0.25) is 0 Å². The Morgan fingerprint density at radius 1 is 0.442 bits per heavy atom. The molecule has 0 spiro atoms. The van der Waals surface area contributed by atoms with Crippen LogP contribution in [0.25, 0.3) is 0 Å². The largest absolute Gasteiger partial charge is 0.380 e. The fourth-order valence-electron chi connectivity index (χ4n) is 6.59.